The number of halogens is 1. The fourth-order valence-corrected chi connectivity index (χ4v) is 4.43. The Morgan fingerprint density at radius 1 is 1.32 bits per heavy atom. The van der Waals surface area contributed by atoms with Crippen molar-refractivity contribution >= 4 is 44.2 Å². The fourth-order valence-electron chi connectivity index (χ4n) is 3.22. The Balaban J connectivity index is 1.59. The first-order valence-electron chi connectivity index (χ1n) is 9.27. The molecule has 0 saturated carbocycles. The number of hydrogen-bond acceptors (Lipinski definition) is 5. The van der Waals surface area contributed by atoms with Gasteiger partial charge in [-0.05, 0) is 49.6 Å². The number of carbonyl (C=O) groups excluding carboxylic acids is 1. The number of aromatic nitrogens is 1. The van der Waals surface area contributed by atoms with Gasteiger partial charge in [0.05, 0.1) is 22.9 Å². The molecule has 1 atom stereocenters. The molecular formula is C21H21ClN2O3S. The van der Waals surface area contributed by atoms with Crippen molar-refractivity contribution in [2.24, 2.45) is 0 Å². The lowest BCUT2D eigenvalue weighted by Crippen LogP contribution is -2.40. The van der Waals surface area contributed by atoms with Crippen LogP contribution in [0.5, 0.6) is 5.75 Å². The van der Waals surface area contributed by atoms with Gasteiger partial charge in [0, 0.05) is 11.6 Å². The van der Waals surface area contributed by atoms with Crippen LogP contribution in [0.25, 0.3) is 10.2 Å². The van der Waals surface area contributed by atoms with Crippen molar-refractivity contribution in [3.05, 3.63) is 53.1 Å². The predicted molar refractivity (Wildman–Crippen MR) is 113 cm³/mol. The largest absolute Gasteiger partial charge is 0.484 e. The Morgan fingerprint density at radius 3 is 2.89 bits per heavy atom. The van der Waals surface area contributed by atoms with Gasteiger partial charge in [0.25, 0.3) is 5.91 Å². The summed E-state index contributed by atoms with van der Waals surface area (Å²) in [7, 11) is 0. The second-order valence-electron chi connectivity index (χ2n) is 6.76. The van der Waals surface area contributed by atoms with E-state index in [1.165, 1.54) is 11.3 Å². The van der Waals surface area contributed by atoms with Crippen LogP contribution >= 0.6 is 22.9 Å². The Morgan fingerprint density at radius 2 is 2.14 bits per heavy atom. The number of thiazole rings is 1. The molecule has 146 valence electrons. The number of amides is 1. The lowest BCUT2D eigenvalue weighted by Gasteiger charge is -2.23. The van der Waals surface area contributed by atoms with Crippen LogP contribution in [-0.4, -0.2) is 36.8 Å². The second-order valence-corrected chi connectivity index (χ2v) is 8.17. The highest BCUT2D eigenvalue weighted by molar-refractivity contribution is 7.22. The molecule has 0 radical (unpaired) electrons. The predicted octanol–water partition coefficient (Wildman–Crippen LogP) is 4.85. The van der Waals surface area contributed by atoms with Gasteiger partial charge in [-0.25, -0.2) is 4.98 Å². The van der Waals surface area contributed by atoms with Crippen LogP contribution in [0.15, 0.2) is 42.5 Å². The zero-order valence-corrected chi connectivity index (χ0v) is 17.1. The maximum atomic E-state index is 13.0. The minimum Gasteiger partial charge on any atom is -0.484 e. The van der Waals surface area contributed by atoms with E-state index in [1.807, 2.05) is 49.4 Å². The molecule has 1 aliphatic rings. The molecule has 0 aliphatic carbocycles. The summed E-state index contributed by atoms with van der Waals surface area (Å²) in [6.45, 7) is 3.11. The average Bonchev–Trinajstić information content (AvgIpc) is 3.38. The van der Waals surface area contributed by atoms with Gasteiger partial charge in [-0.3, -0.25) is 9.69 Å². The van der Waals surface area contributed by atoms with Gasteiger partial charge in [-0.15, -0.1) is 0 Å². The van der Waals surface area contributed by atoms with Gasteiger partial charge in [0.15, 0.2) is 11.7 Å². The number of para-hydroxylation sites is 1. The third-order valence-electron chi connectivity index (χ3n) is 4.78. The normalized spacial score (nSPS) is 16.4. The van der Waals surface area contributed by atoms with Gasteiger partial charge in [0.1, 0.15) is 5.75 Å². The van der Waals surface area contributed by atoms with E-state index in [4.69, 9.17) is 26.1 Å². The first kappa shape index (κ1) is 19.2. The average molecular weight is 417 g/mol. The molecule has 0 bridgehead atoms. The van der Waals surface area contributed by atoms with Crippen LogP contribution in [0.2, 0.25) is 5.02 Å². The van der Waals surface area contributed by atoms with Gasteiger partial charge >= 0.3 is 0 Å². The molecule has 0 N–H and O–H groups in total. The van der Waals surface area contributed by atoms with Crippen LogP contribution in [0.1, 0.15) is 18.4 Å². The third-order valence-corrected chi connectivity index (χ3v) is 6.24. The smallest absolute Gasteiger partial charge is 0.266 e. The summed E-state index contributed by atoms with van der Waals surface area (Å²) in [5.74, 6) is 0.530. The fraction of sp³-hybridized carbons (Fsp3) is 0.333. The van der Waals surface area contributed by atoms with E-state index in [0.29, 0.717) is 22.4 Å². The van der Waals surface area contributed by atoms with Crippen LogP contribution in [-0.2, 0) is 9.53 Å². The Bertz CT molecular complexity index is 970. The summed E-state index contributed by atoms with van der Waals surface area (Å²) in [4.78, 5) is 19.4. The van der Waals surface area contributed by atoms with Gasteiger partial charge in [-0.1, -0.05) is 41.1 Å². The Labute approximate surface area is 172 Å². The standard InChI is InChI=1S/C21H21ClN2O3S/c1-14-17(22)9-10-18-20(14)23-21(28-18)24(12-16-8-5-11-26-16)19(25)13-27-15-6-3-2-4-7-15/h2-4,6-7,9-10,16H,5,8,11-13H2,1H3. The molecule has 4 rings (SSSR count). The maximum Gasteiger partial charge on any atom is 0.266 e. The van der Waals surface area contributed by atoms with Crippen molar-refractivity contribution < 1.29 is 14.3 Å². The van der Waals surface area contributed by atoms with E-state index in [9.17, 15) is 4.79 Å². The van der Waals surface area contributed by atoms with Crippen LogP contribution in [0, 0.1) is 6.92 Å². The van der Waals surface area contributed by atoms with E-state index < -0.39 is 0 Å². The number of hydrogen-bond donors (Lipinski definition) is 0. The lowest BCUT2D eigenvalue weighted by atomic mass is 10.2. The van der Waals surface area contributed by atoms with Crippen molar-refractivity contribution in [1.82, 2.24) is 4.98 Å². The summed E-state index contributed by atoms with van der Waals surface area (Å²) in [6, 6.07) is 13.1. The number of rotatable bonds is 6. The minimum atomic E-state index is -0.137. The van der Waals surface area contributed by atoms with E-state index >= 15 is 0 Å². The van der Waals surface area contributed by atoms with E-state index in [1.54, 1.807) is 4.90 Å². The van der Waals surface area contributed by atoms with Crippen molar-refractivity contribution in [3.8, 4) is 5.75 Å². The summed E-state index contributed by atoms with van der Waals surface area (Å²) >= 11 is 7.72. The van der Waals surface area contributed by atoms with Crippen molar-refractivity contribution in [2.75, 3.05) is 24.7 Å². The molecule has 28 heavy (non-hydrogen) atoms. The highest BCUT2D eigenvalue weighted by Gasteiger charge is 2.27. The first-order valence-corrected chi connectivity index (χ1v) is 10.5. The summed E-state index contributed by atoms with van der Waals surface area (Å²) in [5.41, 5.74) is 1.76. The number of fused-ring (bicyclic) bond motifs is 1. The molecule has 1 aromatic heterocycles. The van der Waals surface area contributed by atoms with Gasteiger partial charge < -0.3 is 9.47 Å². The molecule has 1 fully saturated rings. The Kier molecular flexibility index (Phi) is 5.80. The van der Waals surface area contributed by atoms with E-state index in [0.717, 1.165) is 35.2 Å². The molecule has 1 saturated heterocycles. The molecule has 1 amide bonds. The molecule has 2 heterocycles. The highest BCUT2D eigenvalue weighted by atomic mass is 35.5. The van der Waals surface area contributed by atoms with Crippen molar-refractivity contribution in [1.29, 1.82) is 0 Å². The number of anilines is 1. The minimum absolute atomic E-state index is 0.0253. The molecule has 2 aromatic carbocycles. The highest BCUT2D eigenvalue weighted by Crippen LogP contribution is 2.34. The number of ether oxygens (including phenoxy) is 2. The topological polar surface area (TPSA) is 51.7 Å². The third kappa shape index (κ3) is 4.14. The van der Waals surface area contributed by atoms with Crippen molar-refractivity contribution in [2.45, 2.75) is 25.9 Å². The zero-order chi connectivity index (χ0) is 19.5. The molecule has 3 aromatic rings. The molecule has 1 aliphatic heterocycles. The molecule has 5 nitrogen and oxygen atoms in total. The van der Waals surface area contributed by atoms with Gasteiger partial charge in [-0.2, -0.15) is 0 Å². The van der Waals surface area contributed by atoms with E-state index in [-0.39, 0.29) is 18.6 Å². The van der Waals surface area contributed by atoms with Crippen molar-refractivity contribution in [3.63, 3.8) is 0 Å². The number of carbonyl (C=O) groups is 1. The summed E-state index contributed by atoms with van der Waals surface area (Å²) < 4.78 is 12.4. The van der Waals surface area contributed by atoms with Crippen LogP contribution < -0.4 is 9.64 Å². The number of benzene rings is 2. The zero-order valence-electron chi connectivity index (χ0n) is 15.6. The van der Waals surface area contributed by atoms with Gasteiger partial charge in [0.2, 0.25) is 0 Å². The number of aryl methyl sites for hydroxylation is 1. The number of nitrogens with zero attached hydrogens (tertiary/aromatic N) is 2. The van der Waals surface area contributed by atoms with E-state index in [2.05, 4.69) is 0 Å². The molecular weight excluding hydrogens is 396 g/mol. The summed E-state index contributed by atoms with van der Waals surface area (Å²) in [6.07, 6.45) is 1.98. The van der Waals surface area contributed by atoms with Crippen LogP contribution in [0.4, 0.5) is 5.13 Å². The Hall–Kier alpha value is -2.15. The molecule has 7 heteroatoms. The summed E-state index contributed by atoms with van der Waals surface area (Å²) in [5, 5.41) is 1.33. The SMILES string of the molecule is Cc1c(Cl)ccc2sc(N(CC3CCCO3)C(=O)COc3ccccc3)nc12. The van der Waals surface area contributed by atoms with Crippen LogP contribution in [0.3, 0.4) is 0 Å². The maximum absolute atomic E-state index is 13.0. The second kappa shape index (κ2) is 8.47. The quantitative estimate of drug-likeness (QED) is 0.576. The first-order chi connectivity index (χ1) is 13.6. The lowest BCUT2D eigenvalue weighted by molar-refractivity contribution is -0.120. The molecule has 1 unspecified atom stereocenters. The molecule has 0 spiro atoms. The monoisotopic (exact) mass is 416 g/mol.